The van der Waals surface area contributed by atoms with Crippen LogP contribution in [0.25, 0.3) is 0 Å². The number of hydrogen-bond donors (Lipinski definition) is 1. The fraction of sp³-hybridized carbons (Fsp3) is 0.438. The van der Waals surface area contributed by atoms with E-state index in [1.54, 1.807) is 6.07 Å². The molecule has 1 aromatic carbocycles. The monoisotopic (exact) mass is 269 g/mol. The van der Waals surface area contributed by atoms with Crippen LogP contribution in [-0.4, -0.2) is 19.8 Å². The van der Waals surface area contributed by atoms with Crippen molar-refractivity contribution in [3.05, 3.63) is 46.8 Å². The van der Waals surface area contributed by atoms with Gasteiger partial charge in [0.1, 0.15) is 5.75 Å². The first-order valence-corrected chi connectivity index (χ1v) is 7.24. The molecule has 0 bridgehead atoms. The van der Waals surface area contributed by atoms with E-state index in [2.05, 4.69) is 16.2 Å². The van der Waals surface area contributed by atoms with Crippen molar-refractivity contribution in [2.75, 3.05) is 0 Å². The second-order valence-corrected chi connectivity index (χ2v) is 6.09. The summed E-state index contributed by atoms with van der Waals surface area (Å²) in [7, 11) is 2.01. The summed E-state index contributed by atoms with van der Waals surface area (Å²) in [5, 5.41) is 14.2. The van der Waals surface area contributed by atoms with E-state index in [0.29, 0.717) is 11.7 Å². The Morgan fingerprint density at radius 2 is 2.05 bits per heavy atom. The van der Waals surface area contributed by atoms with E-state index in [1.807, 2.05) is 23.9 Å². The molecule has 1 aliphatic heterocycles. The number of phenols is 1. The largest absolute Gasteiger partial charge is 0.508 e. The average molecular weight is 269 g/mol. The van der Waals surface area contributed by atoms with Crippen LogP contribution in [0.3, 0.4) is 0 Å². The number of benzene rings is 1. The number of aryl methyl sites for hydroxylation is 1. The van der Waals surface area contributed by atoms with Gasteiger partial charge in [0.25, 0.3) is 0 Å². The van der Waals surface area contributed by atoms with Crippen molar-refractivity contribution in [3.8, 4) is 5.75 Å². The maximum Gasteiger partial charge on any atom is 0.115 e. The van der Waals surface area contributed by atoms with Crippen LogP contribution in [0.4, 0.5) is 0 Å². The Labute approximate surface area is 118 Å². The Morgan fingerprint density at radius 1 is 1.25 bits per heavy atom. The topological polar surface area (TPSA) is 41.3 Å². The molecule has 1 N–H and O–H groups in total. The van der Waals surface area contributed by atoms with Crippen molar-refractivity contribution in [2.24, 2.45) is 7.05 Å². The Kier molecular flexibility index (Phi) is 2.60. The fourth-order valence-electron chi connectivity index (χ4n) is 3.18. The summed E-state index contributed by atoms with van der Waals surface area (Å²) in [5.41, 5.74) is 5.25. The van der Waals surface area contributed by atoms with E-state index in [4.69, 9.17) is 0 Å². The Hall–Kier alpha value is -1.81. The minimum Gasteiger partial charge on any atom is -0.508 e. The van der Waals surface area contributed by atoms with Gasteiger partial charge in [-0.15, -0.1) is 0 Å². The number of phenolic OH excluding ortho intramolecular Hbond substituents is 1. The van der Waals surface area contributed by atoms with Gasteiger partial charge >= 0.3 is 0 Å². The molecular formula is C16H19N3O. The number of nitrogens with zero attached hydrogens (tertiary/aromatic N) is 3. The molecule has 2 heterocycles. The van der Waals surface area contributed by atoms with Crippen LogP contribution in [0.2, 0.25) is 0 Å². The summed E-state index contributed by atoms with van der Waals surface area (Å²) in [5.74, 6) is 1.06. The van der Waals surface area contributed by atoms with Crippen LogP contribution in [0.15, 0.2) is 24.4 Å². The smallest absolute Gasteiger partial charge is 0.115 e. The van der Waals surface area contributed by atoms with E-state index in [-0.39, 0.29) is 0 Å². The van der Waals surface area contributed by atoms with Crippen LogP contribution in [0.1, 0.15) is 41.1 Å². The van der Waals surface area contributed by atoms with Gasteiger partial charge in [-0.25, -0.2) is 0 Å². The lowest BCUT2D eigenvalue weighted by atomic mass is 10.1. The minimum atomic E-state index is 0.366. The third-order valence-corrected chi connectivity index (χ3v) is 4.27. The van der Waals surface area contributed by atoms with Crippen molar-refractivity contribution in [2.45, 2.75) is 38.4 Å². The van der Waals surface area contributed by atoms with Crippen molar-refractivity contribution >= 4 is 0 Å². The van der Waals surface area contributed by atoms with Crippen molar-refractivity contribution in [3.63, 3.8) is 0 Å². The normalized spacial score (nSPS) is 18.4. The third kappa shape index (κ3) is 2.10. The zero-order chi connectivity index (χ0) is 13.7. The van der Waals surface area contributed by atoms with Gasteiger partial charge in [-0.2, -0.15) is 5.10 Å². The van der Waals surface area contributed by atoms with Crippen LogP contribution in [0, 0.1) is 0 Å². The van der Waals surface area contributed by atoms with E-state index in [9.17, 15) is 5.11 Å². The molecule has 1 fully saturated rings. The molecule has 1 aromatic heterocycles. The van der Waals surface area contributed by atoms with E-state index < -0.39 is 0 Å². The van der Waals surface area contributed by atoms with Gasteiger partial charge in [-0.3, -0.25) is 9.58 Å². The summed E-state index contributed by atoms with van der Waals surface area (Å²) >= 11 is 0. The molecule has 20 heavy (non-hydrogen) atoms. The van der Waals surface area contributed by atoms with Gasteiger partial charge in [0.05, 0.1) is 5.69 Å². The quantitative estimate of drug-likeness (QED) is 0.931. The minimum absolute atomic E-state index is 0.366. The molecule has 0 saturated heterocycles. The molecule has 0 unspecified atom stereocenters. The summed E-state index contributed by atoms with van der Waals surface area (Å²) in [6, 6.07) is 5.71. The predicted octanol–water partition coefficient (Wildman–Crippen LogP) is 2.52. The van der Waals surface area contributed by atoms with Gasteiger partial charge in [0.2, 0.25) is 0 Å². The summed E-state index contributed by atoms with van der Waals surface area (Å²) in [6.45, 7) is 2.84. The number of hydrogen-bond acceptors (Lipinski definition) is 3. The maximum atomic E-state index is 9.57. The first-order valence-electron chi connectivity index (χ1n) is 7.24. The van der Waals surface area contributed by atoms with Crippen molar-refractivity contribution in [1.82, 2.24) is 14.7 Å². The van der Waals surface area contributed by atoms with Crippen LogP contribution in [0.5, 0.6) is 5.75 Å². The first kappa shape index (κ1) is 12.0. The lowest BCUT2D eigenvalue weighted by Crippen LogP contribution is -2.16. The van der Waals surface area contributed by atoms with Gasteiger partial charge in [0, 0.05) is 44.4 Å². The number of rotatable bonds is 3. The molecule has 2 aromatic rings. The van der Waals surface area contributed by atoms with Gasteiger partial charge in [0.15, 0.2) is 0 Å². The standard InChI is InChI=1S/C16H19N3O/c1-18-7-14(16(17-18)11-2-3-11)10-19-8-12-4-5-15(20)6-13(12)9-19/h4-7,11,20H,2-3,8-10H2,1H3. The SMILES string of the molecule is Cn1cc(CN2Cc3ccc(O)cc3C2)c(C2CC2)n1. The van der Waals surface area contributed by atoms with Crippen molar-refractivity contribution < 1.29 is 5.11 Å². The van der Waals surface area contributed by atoms with E-state index in [1.165, 1.54) is 35.2 Å². The maximum absolute atomic E-state index is 9.57. The van der Waals surface area contributed by atoms with Crippen LogP contribution in [-0.2, 0) is 26.7 Å². The van der Waals surface area contributed by atoms with Gasteiger partial charge in [-0.1, -0.05) is 6.07 Å². The average Bonchev–Trinajstić information content (AvgIpc) is 3.07. The Bertz CT molecular complexity index is 658. The fourth-order valence-corrected chi connectivity index (χ4v) is 3.18. The molecule has 4 heteroatoms. The summed E-state index contributed by atoms with van der Waals surface area (Å²) in [4.78, 5) is 2.42. The summed E-state index contributed by atoms with van der Waals surface area (Å²) < 4.78 is 1.94. The predicted molar refractivity (Wildman–Crippen MR) is 76.2 cm³/mol. The second kappa shape index (κ2) is 4.35. The molecule has 4 nitrogen and oxygen atoms in total. The zero-order valence-electron chi connectivity index (χ0n) is 11.7. The van der Waals surface area contributed by atoms with Crippen LogP contribution < -0.4 is 0 Å². The summed E-state index contributed by atoms with van der Waals surface area (Å²) in [6.07, 6.45) is 4.74. The molecule has 0 amide bonds. The number of aromatic hydroxyl groups is 1. The Morgan fingerprint density at radius 3 is 2.85 bits per heavy atom. The molecule has 1 aliphatic carbocycles. The highest BCUT2D eigenvalue weighted by atomic mass is 16.3. The van der Waals surface area contributed by atoms with E-state index in [0.717, 1.165) is 19.6 Å². The lowest BCUT2D eigenvalue weighted by Gasteiger charge is -2.14. The van der Waals surface area contributed by atoms with Gasteiger partial charge < -0.3 is 5.11 Å². The number of aromatic nitrogens is 2. The third-order valence-electron chi connectivity index (χ3n) is 4.27. The molecular weight excluding hydrogens is 250 g/mol. The highest BCUT2D eigenvalue weighted by Crippen LogP contribution is 2.41. The lowest BCUT2D eigenvalue weighted by molar-refractivity contribution is 0.274. The molecule has 0 atom stereocenters. The highest BCUT2D eigenvalue weighted by Gasteiger charge is 2.30. The first-order chi connectivity index (χ1) is 9.69. The molecule has 0 spiro atoms. The zero-order valence-corrected chi connectivity index (χ0v) is 11.7. The molecule has 2 aliphatic rings. The Balaban J connectivity index is 1.54. The van der Waals surface area contributed by atoms with Gasteiger partial charge in [-0.05, 0) is 36.1 Å². The van der Waals surface area contributed by atoms with E-state index >= 15 is 0 Å². The van der Waals surface area contributed by atoms with Crippen molar-refractivity contribution in [1.29, 1.82) is 0 Å². The molecule has 4 rings (SSSR count). The molecule has 1 saturated carbocycles. The second-order valence-electron chi connectivity index (χ2n) is 6.09. The molecule has 0 radical (unpaired) electrons. The molecule has 104 valence electrons. The highest BCUT2D eigenvalue weighted by molar-refractivity contribution is 5.37. The number of fused-ring (bicyclic) bond motifs is 1. The van der Waals surface area contributed by atoms with Crippen LogP contribution >= 0.6 is 0 Å².